The Morgan fingerprint density at radius 2 is 2.29 bits per heavy atom. The number of carbonyl (C=O) groups excluding carboxylic acids is 1. The molecule has 128 valence electrons. The molecule has 1 fully saturated rings. The molecular weight excluding hydrogens is 320 g/mol. The first-order valence-electron chi connectivity index (χ1n) is 8.42. The Kier molecular flexibility index (Phi) is 6.01. The molecule has 2 heterocycles. The fourth-order valence-corrected chi connectivity index (χ4v) is 3.76. The second-order valence-electron chi connectivity index (χ2n) is 6.30. The number of carbonyl (C=O) groups is 1. The summed E-state index contributed by atoms with van der Waals surface area (Å²) in [5, 5.41) is 5.08. The van der Waals surface area contributed by atoms with E-state index in [1.165, 1.54) is 4.88 Å². The predicted octanol–water partition coefficient (Wildman–Crippen LogP) is 3.68. The molecule has 1 N–H and O–H groups in total. The second kappa shape index (κ2) is 8.42. The van der Waals surface area contributed by atoms with Crippen LogP contribution >= 0.6 is 11.3 Å². The van der Waals surface area contributed by atoms with Crippen molar-refractivity contribution < 1.29 is 9.53 Å². The maximum Gasteiger partial charge on any atom is 0.238 e. The van der Waals surface area contributed by atoms with Crippen molar-refractivity contribution in [3.8, 4) is 0 Å². The van der Waals surface area contributed by atoms with Crippen molar-refractivity contribution >= 4 is 22.9 Å². The first-order valence-corrected chi connectivity index (χ1v) is 9.30. The van der Waals surface area contributed by atoms with Gasteiger partial charge >= 0.3 is 0 Å². The molecule has 0 bridgehead atoms. The molecule has 4 nitrogen and oxygen atoms in total. The van der Waals surface area contributed by atoms with E-state index in [4.69, 9.17) is 4.74 Å². The number of nitrogens with zero attached hydrogens (tertiary/aromatic N) is 1. The van der Waals surface area contributed by atoms with Gasteiger partial charge in [-0.25, -0.2) is 0 Å². The zero-order chi connectivity index (χ0) is 16.8. The van der Waals surface area contributed by atoms with Gasteiger partial charge in [0.25, 0.3) is 0 Å². The van der Waals surface area contributed by atoms with Gasteiger partial charge < -0.3 is 10.1 Å². The van der Waals surface area contributed by atoms with E-state index in [0.29, 0.717) is 6.54 Å². The number of anilines is 1. The van der Waals surface area contributed by atoms with Gasteiger partial charge in [-0.15, -0.1) is 11.3 Å². The quantitative estimate of drug-likeness (QED) is 0.833. The number of rotatable bonds is 7. The van der Waals surface area contributed by atoms with Gasteiger partial charge in [0.2, 0.25) is 5.91 Å². The number of nitrogens with one attached hydrogen (secondary N) is 1. The van der Waals surface area contributed by atoms with Crippen LogP contribution in [0, 0.1) is 6.92 Å². The van der Waals surface area contributed by atoms with Crippen molar-refractivity contribution in [1.82, 2.24) is 4.90 Å². The first-order chi connectivity index (χ1) is 11.7. The maximum atomic E-state index is 12.4. The first kappa shape index (κ1) is 17.1. The molecule has 1 amide bonds. The summed E-state index contributed by atoms with van der Waals surface area (Å²) >= 11 is 1.73. The van der Waals surface area contributed by atoms with Crippen molar-refractivity contribution in [1.29, 1.82) is 0 Å². The highest BCUT2D eigenvalue weighted by Crippen LogP contribution is 2.17. The van der Waals surface area contributed by atoms with Crippen LogP contribution in [0.4, 0.5) is 5.69 Å². The Hall–Kier alpha value is -1.69. The van der Waals surface area contributed by atoms with Crippen molar-refractivity contribution in [2.75, 3.05) is 25.0 Å². The van der Waals surface area contributed by atoms with E-state index >= 15 is 0 Å². The SMILES string of the molecule is Cc1cccc(NC(=O)CN(Cc2cccs2)CC2CCCO2)c1. The standard InChI is InChI=1S/C19H24N2O2S/c1-15-5-2-6-16(11-15)20-19(22)14-21(12-17-7-3-9-23-17)13-18-8-4-10-24-18/h2,4-6,8,10-11,17H,3,7,9,12-14H2,1H3,(H,20,22). The van der Waals surface area contributed by atoms with E-state index < -0.39 is 0 Å². The molecule has 1 aromatic heterocycles. The molecule has 5 heteroatoms. The number of aryl methyl sites for hydroxylation is 1. The summed E-state index contributed by atoms with van der Waals surface area (Å²) in [4.78, 5) is 15.9. The van der Waals surface area contributed by atoms with Crippen LogP contribution in [-0.4, -0.2) is 36.6 Å². The highest BCUT2D eigenvalue weighted by atomic mass is 32.1. The van der Waals surface area contributed by atoms with Crippen LogP contribution in [0.2, 0.25) is 0 Å². The van der Waals surface area contributed by atoms with Gasteiger partial charge in [-0.2, -0.15) is 0 Å². The van der Waals surface area contributed by atoms with Gasteiger partial charge in [-0.3, -0.25) is 9.69 Å². The van der Waals surface area contributed by atoms with Gasteiger partial charge in [0.05, 0.1) is 12.6 Å². The summed E-state index contributed by atoms with van der Waals surface area (Å²) in [6, 6.07) is 12.1. The highest BCUT2D eigenvalue weighted by molar-refractivity contribution is 7.09. The molecule has 24 heavy (non-hydrogen) atoms. The average molecular weight is 344 g/mol. The van der Waals surface area contributed by atoms with Crippen LogP contribution in [0.1, 0.15) is 23.3 Å². The van der Waals surface area contributed by atoms with E-state index in [-0.39, 0.29) is 12.0 Å². The van der Waals surface area contributed by atoms with Crippen LogP contribution in [-0.2, 0) is 16.1 Å². The molecule has 0 radical (unpaired) electrons. The molecule has 1 aliphatic heterocycles. The largest absolute Gasteiger partial charge is 0.377 e. The normalized spacial score (nSPS) is 17.3. The monoisotopic (exact) mass is 344 g/mol. The van der Waals surface area contributed by atoms with Gasteiger partial charge in [-0.05, 0) is 48.9 Å². The minimum absolute atomic E-state index is 0.0233. The Morgan fingerprint density at radius 3 is 3.00 bits per heavy atom. The van der Waals surface area contributed by atoms with Crippen LogP contribution in [0.15, 0.2) is 41.8 Å². The molecule has 0 aliphatic carbocycles. The predicted molar refractivity (Wildman–Crippen MR) is 98.4 cm³/mol. The minimum Gasteiger partial charge on any atom is -0.377 e. The minimum atomic E-state index is 0.0233. The average Bonchev–Trinajstić information content (AvgIpc) is 3.21. The van der Waals surface area contributed by atoms with Crippen molar-refractivity contribution in [3.05, 3.63) is 52.2 Å². The Bertz CT molecular complexity index is 651. The Labute approximate surface area is 147 Å². The van der Waals surface area contributed by atoms with Crippen LogP contribution < -0.4 is 5.32 Å². The van der Waals surface area contributed by atoms with E-state index in [2.05, 4.69) is 27.7 Å². The molecule has 1 unspecified atom stereocenters. The van der Waals surface area contributed by atoms with Gasteiger partial charge in [0, 0.05) is 30.3 Å². The zero-order valence-electron chi connectivity index (χ0n) is 14.0. The van der Waals surface area contributed by atoms with Crippen LogP contribution in [0.3, 0.4) is 0 Å². The molecule has 3 rings (SSSR count). The van der Waals surface area contributed by atoms with Gasteiger partial charge in [0.15, 0.2) is 0 Å². The second-order valence-corrected chi connectivity index (χ2v) is 7.33. The summed E-state index contributed by atoms with van der Waals surface area (Å²) in [6.45, 7) is 4.84. The summed E-state index contributed by atoms with van der Waals surface area (Å²) in [6.07, 6.45) is 2.45. The van der Waals surface area contributed by atoms with Crippen molar-refractivity contribution in [3.63, 3.8) is 0 Å². The zero-order valence-corrected chi connectivity index (χ0v) is 14.8. The third-order valence-electron chi connectivity index (χ3n) is 4.11. The number of thiophene rings is 1. The van der Waals surface area contributed by atoms with E-state index in [1.54, 1.807) is 11.3 Å². The molecule has 2 aromatic rings. The van der Waals surface area contributed by atoms with E-state index in [9.17, 15) is 4.79 Å². The molecule has 1 aliphatic rings. The molecule has 0 saturated carbocycles. The Morgan fingerprint density at radius 1 is 1.38 bits per heavy atom. The lowest BCUT2D eigenvalue weighted by molar-refractivity contribution is -0.117. The van der Waals surface area contributed by atoms with Crippen molar-refractivity contribution in [2.24, 2.45) is 0 Å². The van der Waals surface area contributed by atoms with Crippen molar-refractivity contribution in [2.45, 2.75) is 32.4 Å². The number of hydrogen-bond acceptors (Lipinski definition) is 4. The summed E-state index contributed by atoms with van der Waals surface area (Å²) in [7, 11) is 0. The van der Waals surface area contributed by atoms with Crippen LogP contribution in [0.25, 0.3) is 0 Å². The lowest BCUT2D eigenvalue weighted by Crippen LogP contribution is -2.37. The molecule has 0 spiro atoms. The number of ether oxygens (including phenoxy) is 1. The third-order valence-corrected chi connectivity index (χ3v) is 4.98. The fraction of sp³-hybridized carbons (Fsp3) is 0.421. The summed E-state index contributed by atoms with van der Waals surface area (Å²) in [5.41, 5.74) is 2.00. The van der Waals surface area contributed by atoms with Crippen LogP contribution in [0.5, 0.6) is 0 Å². The van der Waals surface area contributed by atoms with E-state index in [0.717, 1.165) is 43.8 Å². The number of amides is 1. The fourth-order valence-electron chi connectivity index (χ4n) is 3.01. The lowest BCUT2D eigenvalue weighted by atomic mass is 10.2. The number of hydrogen-bond donors (Lipinski definition) is 1. The molecule has 1 aromatic carbocycles. The highest BCUT2D eigenvalue weighted by Gasteiger charge is 2.21. The van der Waals surface area contributed by atoms with E-state index in [1.807, 2.05) is 31.2 Å². The summed E-state index contributed by atoms with van der Waals surface area (Å²) < 4.78 is 5.75. The maximum absolute atomic E-state index is 12.4. The topological polar surface area (TPSA) is 41.6 Å². The molecule has 1 saturated heterocycles. The lowest BCUT2D eigenvalue weighted by Gasteiger charge is -2.24. The third kappa shape index (κ3) is 5.16. The smallest absolute Gasteiger partial charge is 0.238 e. The molecule has 1 atom stereocenters. The number of benzene rings is 1. The van der Waals surface area contributed by atoms with Gasteiger partial charge in [0.1, 0.15) is 0 Å². The Balaban J connectivity index is 1.60. The van der Waals surface area contributed by atoms with Gasteiger partial charge in [-0.1, -0.05) is 18.2 Å². The molecular formula is C19H24N2O2S. The summed E-state index contributed by atoms with van der Waals surface area (Å²) in [5.74, 6) is 0.0233.